The minimum absolute atomic E-state index is 0. The van der Waals surface area contributed by atoms with Crippen molar-refractivity contribution in [1.82, 2.24) is 4.90 Å². The van der Waals surface area contributed by atoms with Gasteiger partial charge in [-0.1, -0.05) is 45.1 Å². The van der Waals surface area contributed by atoms with Crippen LogP contribution < -0.4 is 5.73 Å². The number of rotatable bonds is 9. The number of piperidine rings is 1. The van der Waals surface area contributed by atoms with E-state index >= 15 is 0 Å². The molecule has 1 saturated heterocycles. The van der Waals surface area contributed by atoms with Crippen LogP contribution in [0.3, 0.4) is 0 Å². The molecular weight excluding hydrogens is 420 g/mol. The van der Waals surface area contributed by atoms with Crippen molar-refractivity contribution in [3.8, 4) is 0 Å². The Morgan fingerprint density at radius 1 is 1.35 bits per heavy atom. The van der Waals surface area contributed by atoms with Crippen molar-refractivity contribution in [2.45, 2.75) is 98.1 Å². The summed E-state index contributed by atoms with van der Waals surface area (Å²) in [5, 5.41) is 0. The molecule has 5 nitrogen and oxygen atoms in total. The fourth-order valence-electron chi connectivity index (χ4n) is 4.53. The molecule has 34 heavy (non-hydrogen) atoms. The molecule has 0 aromatic rings. The highest BCUT2D eigenvalue weighted by molar-refractivity contribution is 6.06. The van der Waals surface area contributed by atoms with E-state index in [-0.39, 0.29) is 19.4 Å². The summed E-state index contributed by atoms with van der Waals surface area (Å²) in [6, 6.07) is 0.297. The number of aliphatic imine (C=N–C) groups is 2. The van der Waals surface area contributed by atoms with Crippen LogP contribution in [0.1, 0.15) is 87.4 Å². The van der Waals surface area contributed by atoms with Crippen LogP contribution in [0.5, 0.6) is 0 Å². The summed E-state index contributed by atoms with van der Waals surface area (Å²) < 4.78 is 0. The number of amides is 1. The molecule has 0 saturated carbocycles. The summed E-state index contributed by atoms with van der Waals surface area (Å²) in [4.78, 5) is 25.0. The van der Waals surface area contributed by atoms with Crippen molar-refractivity contribution in [3.63, 3.8) is 0 Å². The van der Waals surface area contributed by atoms with Crippen LogP contribution in [0.25, 0.3) is 0 Å². The second-order valence-corrected chi connectivity index (χ2v) is 8.93. The normalized spacial score (nSPS) is 22.6. The van der Waals surface area contributed by atoms with E-state index in [9.17, 15) is 4.79 Å². The van der Waals surface area contributed by atoms with Gasteiger partial charge < -0.3 is 10.6 Å². The molecule has 2 atom stereocenters. The number of likely N-dealkylation sites (tertiary alicyclic amines) is 1. The van der Waals surface area contributed by atoms with Crippen molar-refractivity contribution in [3.05, 3.63) is 53.6 Å². The number of dihydropyridines is 1. The molecule has 1 aliphatic carbocycles. The molecule has 5 heteroatoms. The largest absolute Gasteiger partial charge is 0.330 e. The average molecular weight is 468 g/mol. The summed E-state index contributed by atoms with van der Waals surface area (Å²) in [7, 11) is 0. The van der Waals surface area contributed by atoms with Gasteiger partial charge in [-0.2, -0.15) is 0 Å². The molecule has 0 aromatic heterocycles. The third-order valence-electron chi connectivity index (χ3n) is 6.53. The maximum absolute atomic E-state index is 13.2. The zero-order chi connectivity index (χ0) is 24.9. The fourth-order valence-corrected chi connectivity index (χ4v) is 4.53. The Hall–Kier alpha value is -2.27. The first-order valence-electron chi connectivity index (χ1n) is 13.3. The molecule has 0 bridgehead atoms. The number of hydrogen-bond donors (Lipinski definition) is 1. The molecule has 1 fully saturated rings. The van der Waals surface area contributed by atoms with Gasteiger partial charge >= 0.3 is 0 Å². The van der Waals surface area contributed by atoms with Crippen molar-refractivity contribution in [1.29, 1.82) is 0 Å². The van der Waals surface area contributed by atoms with E-state index in [1.54, 1.807) is 0 Å². The van der Waals surface area contributed by atoms with Gasteiger partial charge in [0.1, 0.15) is 0 Å². The summed E-state index contributed by atoms with van der Waals surface area (Å²) in [6.07, 6.45) is 20.1. The monoisotopic (exact) mass is 467 g/mol. The first kappa shape index (κ1) is 28.0. The third-order valence-corrected chi connectivity index (χ3v) is 6.53. The van der Waals surface area contributed by atoms with E-state index in [4.69, 9.17) is 15.7 Å². The standard InChI is InChI=1S/C27H39N4O.C2H6.H2/c1-4-22(28)13-10-14-24-20(3)16-17-23(30-24)19-25(29-5-2)26-15-8-9-18-31(26)27(32)21-11-6-7-12-21;1-2;/h6-7,11-12,16,19,22,26H,4-5,8-10,13-15,17-18,28H2,1-3H3;1-2H3;1H/b23-19+,29-25?;;/t22-,26+;;/m1../s1. The Balaban J connectivity index is 0.00000199. The lowest BCUT2D eigenvalue weighted by molar-refractivity contribution is -0.128. The summed E-state index contributed by atoms with van der Waals surface area (Å²) >= 11 is 0. The fraction of sp³-hybridized carbons (Fsp3) is 0.586. The molecule has 1 radical (unpaired) electrons. The number of hydrogen-bond acceptors (Lipinski definition) is 4. The lowest BCUT2D eigenvalue weighted by Gasteiger charge is -2.36. The molecule has 2 heterocycles. The summed E-state index contributed by atoms with van der Waals surface area (Å²) in [6.45, 7) is 11.8. The van der Waals surface area contributed by atoms with E-state index in [1.165, 1.54) is 5.57 Å². The number of carbonyl (C=O) groups excluding carboxylic acids is 1. The molecule has 0 unspecified atom stereocenters. The zero-order valence-electron chi connectivity index (χ0n) is 22.0. The van der Waals surface area contributed by atoms with Gasteiger partial charge in [-0.25, -0.2) is 0 Å². The highest BCUT2D eigenvalue weighted by Gasteiger charge is 2.31. The van der Waals surface area contributed by atoms with Gasteiger partial charge in [-0.3, -0.25) is 14.8 Å². The Labute approximate surface area is 209 Å². The van der Waals surface area contributed by atoms with Crippen LogP contribution >= 0.6 is 0 Å². The smallest absolute Gasteiger partial charge is 0.254 e. The minimum atomic E-state index is 0. The van der Waals surface area contributed by atoms with E-state index in [2.05, 4.69) is 32.9 Å². The lowest BCUT2D eigenvalue weighted by Crippen LogP contribution is -2.48. The quantitative estimate of drug-likeness (QED) is 0.399. The van der Waals surface area contributed by atoms with Gasteiger partial charge in [0.05, 0.1) is 11.8 Å². The third kappa shape index (κ3) is 7.90. The van der Waals surface area contributed by atoms with Crippen LogP contribution in [0.15, 0.2) is 57.2 Å². The topological polar surface area (TPSA) is 71.0 Å². The van der Waals surface area contributed by atoms with E-state index in [1.807, 2.05) is 43.4 Å². The Bertz CT molecular complexity index is 866. The Kier molecular flexibility index (Phi) is 12.2. The van der Waals surface area contributed by atoms with Gasteiger partial charge in [0.25, 0.3) is 5.91 Å². The van der Waals surface area contributed by atoms with Gasteiger partial charge in [0, 0.05) is 50.4 Å². The molecule has 0 spiro atoms. The van der Waals surface area contributed by atoms with Gasteiger partial charge in [-0.05, 0) is 70.4 Å². The van der Waals surface area contributed by atoms with Crippen LogP contribution in [-0.4, -0.2) is 47.4 Å². The van der Waals surface area contributed by atoms with Crippen LogP contribution in [0, 0.1) is 6.42 Å². The van der Waals surface area contributed by atoms with Crippen LogP contribution in [-0.2, 0) is 4.79 Å². The summed E-state index contributed by atoms with van der Waals surface area (Å²) in [5.74, 6) is 0.109. The van der Waals surface area contributed by atoms with Crippen LogP contribution in [0.2, 0.25) is 0 Å². The second kappa shape index (κ2) is 14.9. The van der Waals surface area contributed by atoms with Gasteiger partial charge in [0.15, 0.2) is 0 Å². The number of carbonyl (C=O) groups is 1. The minimum Gasteiger partial charge on any atom is -0.330 e. The highest BCUT2D eigenvalue weighted by atomic mass is 16.2. The SMILES string of the molecule is CC.CCN=C(/C=C1\CC=C(C)C(CCC[C@H](N)CC)=N1)[C@@H]1CCCCN1C(=O)C1=C[CH]C=C1.[HH]. The molecule has 3 rings (SSSR count). The predicted molar refractivity (Wildman–Crippen MR) is 148 cm³/mol. The predicted octanol–water partition coefficient (Wildman–Crippen LogP) is 6.38. The Morgan fingerprint density at radius 3 is 2.82 bits per heavy atom. The van der Waals surface area contributed by atoms with E-state index in [0.717, 1.165) is 80.6 Å². The molecular formula is C29H47N4O. The number of nitrogens with two attached hydrogens (primary N) is 1. The van der Waals surface area contributed by atoms with E-state index in [0.29, 0.717) is 6.54 Å². The molecule has 2 aliphatic heterocycles. The van der Waals surface area contributed by atoms with Crippen LogP contribution in [0.4, 0.5) is 0 Å². The summed E-state index contributed by atoms with van der Waals surface area (Å²) in [5.41, 5.74) is 11.3. The average Bonchev–Trinajstić information content (AvgIpc) is 3.41. The lowest BCUT2D eigenvalue weighted by atomic mass is 9.94. The molecule has 0 aromatic carbocycles. The van der Waals surface area contributed by atoms with Crippen molar-refractivity contribution < 1.29 is 6.22 Å². The molecule has 3 aliphatic rings. The first-order chi connectivity index (χ1) is 16.5. The molecule has 1 amide bonds. The molecule has 2 N–H and O–H groups in total. The maximum atomic E-state index is 13.2. The zero-order valence-corrected chi connectivity index (χ0v) is 22.0. The first-order valence-corrected chi connectivity index (χ1v) is 13.3. The second-order valence-electron chi connectivity index (χ2n) is 8.93. The van der Waals surface area contributed by atoms with Crippen molar-refractivity contribution in [2.24, 2.45) is 15.7 Å². The maximum Gasteiger partial charge on any atom is 0.254 e. The van der Waals surface area contributed by atoms with Gasteiger partial charge in [-0.15, -0.1) is 0 Å². The number of allylic oxidation sites excluding steroid dienone is 4. The van der Waals surface area contributed by atoms with Crippen molar-refractivity contribution in [2.75, 3.05) is 13.1 Å². The highest BCUT2D eigenvalue weighted by Crippen LogP contribution is 2.25. The van der Waals surface area contributed by atoms with Crippen molar-refractivity contribution >= 4 is 17.3 Å². The van der Waals surface area contributed by atoms with E-state index < -0.39 is 0 Å². The van der Waals surface area contributed by atoms with Gasteiger partial charge in [0.2, 0.25) is 0 Å². The molecule has 189 valence electrons. The Morgan fingerprint density at radius 2 is 2.15 bits per heavy atom. The number of nitrogens with zero attached hydrogens (tertiary/aromatic N) is 3.